The second-order valence-corrected chi connectivity index (χ2v) is 6.42. The highest BCUT2D eigenvalue weighted by molar-refractivity contribution is 6.04. The van der Waals surface area contributed by atoms with E-state index in [0.717, 1.165) is 4.68 Å². The van der Waals surface area contributed by atoms with Gasteiger partial charge in [-0.25, -0.2) is 4.79 Å². The van der Waals surface area contributed by atoms with Crippen LogP contribution in [0.3, 0.4) is 0 Å². The number of amides is 1. The van der Waals surface area contributed by atoms with E-state index in [1.54, 1.807) is 54.6 Å². The van der Waals surface area contributed by atoms with Gasteiger partial charge in [0.15, 0.2) is 11.9 Å². The molecule has 154 valence electrons. The molecule has 1 atom stereocenters. The van der Waals surface area contributed by atoms with Crippen LogP contribution < -0.4 is 11.1 Å². The molecular formula is C21H19N3O6. The Hall–Kier alpha value is -4.01. The van der Waals surface area contributed by atoms with Crippen LogP contribution in [-0.4, -0.2) is 33.5 Å². The van der Waals surface area contributed by atoms with E-state index in [9.17, 15) is 19.2 Å². The van der Waals surface area contributed by atoms with Crippen molar-refractivity contribution >= 4 is 23.3 Å². The topological polar surface area (TPSA) is 120 Å². The number of nitrogens with zero attached hydrogens (tertiary/aromatic N) is 2. The Morgan fingerprint density at radius 1 is 1.10 bits per heavy atom. The van der Waals surface area contributed by atoms with Crippen LogP contribution in [0.25, 0.3) is 11.5 Å². The van der Waals surface area contributed by atoms with Gasteiger partial charge in [0.2, 0.25) is 5.89 Å². The first-order chi connectivity index (χ1) is 14.3. The number of rotatable bonds is 7. The van der Waals surface area contributed by atoms with Crippen LogP contribution in [0.1, 0.15) is 24.2 Å². The van der Waals surface area contributed by atoms with E-state index in [2.05, 4.69) is 10.4 Å². The fourth-order valence-electron chi connectivity index (χ4n) is 2.65. The summed E-state index contributed by atoms with van der Waals surface area (Å²) in [4.78, 5) is 48.1. The summed E-state index contributed by atoms with van der Waals surface area (Å²) in [6.45, 7) is 2.25. The van der Waals surface area contributed by atoms with Crippen LogP contribution in [0.15, 0.2) is 63.8 Å². The number of carbonyl (C=O) groups excluding carboxylic acids is 3. The lowest BCUT2D eigenvalue weighted by atomic mass is 10.1. The van der Waals surface area contributed by atoms with Crippen molar-refractivity contribution in [3.63, 3.8) is 0 Å². The number of ketones is 1. The van der Waals surface area contributed by atoms with Crippen molar-refractivity contribution < 1.29 is 23.5 Å². The molecular weight excluding hydrogens is 390 g/mol. The van der Waals surface area contributed by atoms with Crippen molar-refractivity contribution in [3.8, 4) is 11.5 Å². The number of para-hydroxylation sites is 1. The molecule has 30 heavy (non-hydrogen) atoms. The third-order valence-electron chi connectivity index (χ3n) is 4.15. The van der Waals surface area contributed by atoms with Crippen molar-refractivity contribution in [2.24, 2.45) is 0 Å². The summed E-state index contributed by atoms with van der Waals surface area (Å²) in [6.07, 6.45) is -1.16. The molecule has 0 bridgehead atoms. The first-order valence-electron chi connectivity index (χ1n) is 9.09. The lowest BCUT2D eigenvalue weighted by Crippen LogP contribution is -2.33. The molecule has 1 aromatic heterocycles. The van der Waals surface area contributed by atoms with Crippen molar-refractivity contribution in [2.45, 2.75) is 26.5 Å². The standard InChI is InChI=1S/C21H19N3O6/c1-13(25)16-10-6-7-11-17(16)22-19(27)14(2)29-18(26)12-24-21(28)30-20(23-24)15-8-4-3-5-9-15/h3-11,14H,12H2,1-2H3,(H,22,27)/t14-/m0/s1. The van der Waals surface area contributed by atoms with E-state index in [4.69, 9.17) is 9.15 Å². The first-order valence-corrected chi connectivity index (χ1v) is 9.09. The number of hydrogen-bond acceptors (Lipinski definition) is 7. The number of nitrogens with one attached hydrogen (secondary N) is 1. The second kappa shape index (κ2) is 8.99. The maximum absolute atomic E-state index is 12.3. The van der Waals surface area contributed by atoms with Gasteiger partial charge in [-0.15, -0.1) is 5.10 Å². The Kier molecular flexibility index (Phi) is 6.21. The zero-order valence-corrected chi connectivity index (χ0v) is 16.3. The molecule has 0 radical (unpaired) electrons. The first kappa shape index (κ1) is 20.7. The molecule has 0 saturated carbocycles. The zero-order chi connectivity index (χ0) is 21.7. The minimum Gasteiger partial charge on any atom is -0.451 e. The summed E-state index contributed by atoms with van der Waals surface area (Å²) < 4.78 is 10.9. The Bertz CT molecular complexity index is 1130. The molecule has 0 aliphatic heterocycles. The van der Waals surface area contributed by atoms with Gasteiger partial charge in [-0.05, 0) is 38.1 Å². The second-order valence-electron chi connectivity index (χ2n) is 6.42. The van der Waals surface area contributed by atoms with Gasteiger partial charge in [-0.1, -0.05) is 30.3 Å². The summed E-state index contributed by atoms with van der Waals surface area (Å²) in [5.74, 6) is -2.42. The van der Waals surface area contributed by atoms with Gasteiger partial charge in [0.1, 0.15) is 6.54 Å². The summed E-state index contributed by atoms with van der Waals surface area (Å²) >= 11 is 0. The third-order valence-corrected chi connectivity index (χ3v) is 4.15. The maximum Gasteiger partial charge on any atom is 0.437 e. The minimum absolute atomic E-state index is 0.0695. The average molecular weight is 409 g/mol. The Labute approximate surface area is 171 Å². The number of anilines is 1. The van der Waals surface area contributed by atoms with Crippen molar-refractivity contribution in [1.29, 1.82) is 0 Å². The van der Waals surface area contributed by atoms with Gasteiger partial charge in [0.05, 0.1) is 5.69 Å². The molecule has 0 spiro atoms. The van der Waals surface area contributed by atoms with Gasteiger partial charge < -0.3 is 14.5 Å². The highest BCUT2D eigenvalue weighted by Gasteiger charge is 2.21. The molecule has 0 aliphatic carbocycles. The number of esters is 1. The van der Waals surface area contributed by atoms with Gasteiger partial charge in [0.25, 0.3) is 5.91 Å². The van der Waals surface area contributed by atoms with Crippen molar-refractivity contribution in [1.82, 2.24) is 9.78 Å². The smallest absolute Gasteiger partial charge is 0.437 e. The van der Waals surface area contributed by atoms with Crippen molar-refractivity contribution in [2.75, 3.05) is 5.32 Å². The minimum atomic E-state index is -1.16. The third kappa shape index (κ3) is 4.88. The van der Waals surface area contributed by atoms with E-state index in [1.165, 1.54) is 13.8 Å². The molecule has 0 fully saturated rings. The molecule has 2 aromatic carbocycles. The summed E-state index contributed by atoms with van der Waals surface area (Å²) in [7, 11) is 0. The average Bonchev–Trinajstić information content (AvgIpc) is 3.09. The van der Waals surface area contributed by atoms with Crippen LogP contribution in [0, 0.1) is 0 Å². The zero-order valence-electron chi connectivity index (χ0n) is 16.3. The van der Waals surface area contributed by atoms with E-state index >= 15 is 0 Å². The maximum atomic E-state index is 12.3. The molecule has 1 N–H and O–H groups in total. The predicted octanol–water partition coefficient (Wildman–Crippen LogP) is 2.28. The van der Waals surface area contributed by atoms with Crippen LogP contribution in [-0.2, 0) is 20.9 Å². The van der Waals surface area contributed by atoms with Crippen molar-refractivity contribution in [3.05, 3.63) is 70.7 Å². The van der Waals surface area contributed by atoms with E-state index in [0.29, 0.717) is 16.8 Å². The molecule has 0 saturated heterocycles. The molecule has 1 heterocycles. The summed E-state index contributed by atoms with van der Waals surface area (Å²) in [5.41, 5.74) is 1.24. The summed E-state index contributed by atoms with van der Waals surface area (Å²) in [5, 5.41) is 6.53. The number of carbonyl (C=O) groups is 3. The predicted molar refractivity (Wildman–Crippen MR) is 107 cm³/mol. The number of ether oxygens (including phenoxy) is 1. The van der Waals surface area contributed by atoms with E-state index < -0.39 is 30.3 Å². The molecule has 0 aliphatic rings. The monoisotopic (exact) mass is 409 g/mol. The van der Waals surface area contributed by atoms with Gasteiger partial charge in [0, 0.05) is 11.1 Å². The number of Topliss-reactive ketones (excluding diaryl/α,β-unsaturated/α-hetero) is 1. The van der Waals surface area contributed by atoms with Gasteiger partial charge in [-0.2, -0.15) is 4.68 Å². The molecule has 9 heteroatoms. The molecule has 0 unspecified atom stereocenters. The van der Waals surface area contributed by atoms with Crippen LogP contribution in [0.4, 0.5) is 5.69 Å². The summed E-state index contributed by atoms with van der Waals surface area (Å²) in [6, 6.07) is 15.2. The molecule has 1 amide bonds. The Morgan fingerprint density at radius 2 is 1.77 bits per heavy atom. The SMILES string of the molecule is CC(=O)c1ccccc1NC(=O)[C@H](C)OC(=O)Cn1nc(-c2ccccc2)oc1=O. The Balaban J connectivity index is 1.63. The van der Waals surface area contributed by atoms with Gasteiger partial charge >= 0.3 is 11.7 Å². The quantitative estimate of drug-likeness (QED) is 0.469. The fraction of sp³-hybridized carbons (Fsp3) is 0.190. The lowest BCUT2D eigenvalue weighted by molar-refractivity contribution is -0.154. The fourth-order valence-corrected chi connectivity index (χ4v) is 2.65. The number of hydrogen-bond donors (Lipinski definition) is 1. The largest absolute Gasteiger partial charge is 0.451 e. The molecule has 3 aromatic rings. The highest BCUT2D eigenvalue weighted by Crippen LogP contribution is 2.16. The van der Waals surface area contributed by atoms with Crippen LogP contribution >= 0.6 is 0 Å². The Morgan fingerprint density at radius 3 is 2.47 bits per heavy atom. The molecule has 9 nitrogen and oxygen atoms in total. The van der Waals surface area contributed by atoms with Gasteiger partial charge in [-0.3, -0.25) is 14.4 Å². The highest BCUT2D eigenvalue weighted by atomic mass is 16.5. The molecule has 3 rings (SSSR count). The van der Waals surface area contributed by atoms with E-state index in [1.807, 2.05) is 0 Å². The number of aromatic nitrogens is 2. The van der Waals surface area contributed by atoms with E-state index in [-0.39, 0.29) is 11.7 Å². The number of benzene rings is 2. The lowest BCUT2D eigenvalue weighted by Gasteiger charge is -2.14. The normalized spacial score (nSPS) is 11.5. The van der Waals surface area contributed by atoms with Crippen LogP contribution in [0.5, 0.6) is 0 Å². The van der Waals surface area contributed by atoms with Crippen LogP contribution in [0.2, 0.25) is 0 Å².